The van der Waals surface area contributed by atoms with Crippen LogP contribution in [0.4, 0.5) is 0 Å². The molecule has 0 fully saturated rings. The molecule has 6 heteroatoms. The molecule has 2 rings (SSSR count). The van der Waals surface area contributed by atoms with E-state index in [0.29, 0.717) is 42.3 Å². The summed E-state index contributed by atoms with van der Waals surface area (Å²) in [5.74, 6) is -0.903. The summed E-state index contributed by atoms with van der Waals surface area (Å²) in [4.78, 5) is 21.0. The van der Waals surface area contributed by atoms with Crippen molar-refractivity contribution in [3.05, 3.63) is 59.7 Å². The van der Waals surface area contributed by atoms with Crippen molar-refractivity contribution in [1.82, 2.24) is 0 Å². The van der Waals surface area contributed by atoms with Gasteiger partial charge in [-0.1, -0.05) is 24.3 Å². The topological polar surface area (TPSA) is 98.7 Å². The summed E-state index contributed by atoms with van der Waals surface area (Å²) in [7, 11) is 0. The van der Waals surface area contributed by atoms with Crippen LogP contribution >= 0.6 is 0 Å². The quantitative estimate of drug-likeness (QED) is 0.569. The summed E-state index contributed by atoms with van der Waals surface area (Å²) < 4.78 is 11.1. The molecule has 0 radical (unpaired) electrons. The average Bonchev–Trinajstić information content (AvgIpc) is 2.56. The third-order valence-corrected chi connectivity index (χ3v) is 3.37. The van der Waals surface area contributed by atoms with Gasteiger partial charge in [0.25, 0.3) is 0 Å². The SMILES string of the molecule is O=C([O-])Cc1ccc(OCCCOc2ccc(CC(=O)[O-])cc2)cc1. The van der Waals surface area contributed by atoms with Crippen LogP contribution in [0.2, 0.25) is 0 Å². The van der Waals surface area contributed by atoms with E-state index in [2.05, 4.69) is 0 Å². The summed E-state index contributed by atoms with van der Waals surface area (Å²) in [6.45, 7) is 0.922. The lowest BCUT2D eigenvalue weighted by atomic mass is 10.1. The average molecular weight is 342 g/mol. The van der Waals surface area contributed by atoms with E-state index in [-0.39, 0.29) is 12.8 Å². The number of aliphatic carboxylic acids is 2. The maximum absolute atomic E-state index is 10.5. The Labute approximate surface area is 145 Å². The first-order valence-corrected chi connectivity index (χ1v) is 7.86. The van der Waals surface area contributed by atoms with Crippen molar-refractivity contribution in [2.75, 3.05) is 13.2 Å². The molecule has 0 amide bonds. The van der Waals surface area contributed by atoms with Gasteiger partial charge in [0.15, 0.2) is 0 Å². The lowest BCUT2D eigenvalue weighted by Gasteiger charge is -2.09. The molecule has 0 aromatic heterocycles. The molecular weight excluding hydrogens is 324 g/mol. The predicted octanol–water partition coefficient (Wildman–Crippen LogP) is 0.119. The van der Waals surface area contributed by atoms with E-state index < -0.39 is 11.9 Å². The van der Waals surface area contributed by atoms with Gasteiger partial charge in [0.1, 0.15) is 11.5 Å². The Bertz CT molecular complexity index is 629. The molecular formula is C19H18O6-2. The van der Waals surface area contributed by atoms with E-state index in [1.807, 2.05) is 0 Å². The molecule has 0 aliphatic heterocycles. The predicted molar refractivity (Wildman–Crippen MR) is 85.9 cm³/mol. The van der Waals surface area contributed by atoms with Crippen molar-refractivity contribution in [2.24, 2.45) is 0 Å². The van der Waals surface area contributed by atoms with Crippen molar-refractivity contribution >= 4 is 11.9 Å². The second-order valence-corrected chi connectivity index (χ2v) is 5.44. The maximum atomic E-state index is 10.5. The third-order valence-electron chi connectivity index (χ3n) is 3.37. The number of ether oxygens (including phenoxy) is 2. The summed E-state index contributed by atoms with van der Waals surface area (Å²) in [6, 6.07) is 13.6. The largest absolute Gasteiger partial charge is 0.550 e. The Balaban J connectivity index is 1.66. The third kappa shape index (κ3) is 6.95. The lowest BCUT2D eigenvalue weighted by Crippen LogP contribution is -2.24. The van der Waals surface area contributed by atoms with Crippen LogP contribution in [-0.2, 0) is 22.4 Å². The first-order valence-electron chi connectivity index (χ1n) is 7.86. The van der Waals surface area contributed by atoms with Gasteiger partial charge in [0.2, 0.25) is 0 Å². The van der Waals surface area contributed by atoms with Crippen LogP contribution in [0.25, 0.3) is 0 Å². The van der Waals surface area contributed by atoms with Gasteiger partial charge in [0, 0.05) is 31.2 Å². The van der Waals surface area contributed by atoms with Crippen LogP contribution < -0.4 is 19.7 Å². The van der Waals surface area contributed by atoms with Gasteiger partial charge in [-0.2, -0.15) is 0 Å². The zero-order chi connectivity index (χ0) is 18.1. The highest BCUT2D eigenvalue weighted by atomic mass is 16.5. The van der Waals surface area contributed by atoms with E-state index in [9.17, 15) is 19.8 Å². The second kappa shape index (κ2) is 9.32. The van der Waals surface area contributed by atoms with E-state index in [1.54, 1.807) is 48.5 Å². The Kier molecular flexibility index (Phi) is 6.83. The van der Waals surface area contributed by atoms with Crippen LogP contribution in [0.5, 0.6) is 11.5 Å². The molecule has 2 aromatic rings. The molecule has 0 bridgehead atoms. The molecule has 0 saturated carbocycles. The van der Waals surface area contributed by atoms with E-state index in [4.69, 9.17) is 9.47 Å². The number of carbonyl (C=O) groups excluding carboxylic acids is 2. The summed E-state index contributed by atoms with van der Waals surface area (Å²) in [5, 5.41) is 21.0. The number of hydrogen-bond acceptors (Lipinski definition) is 6. The fourth-order valence-electron chi connectivity index (χ4n) is 2.18. The molecule has 6 nitrogen and oxygen atoms in total. The van der Waals surface area contributed by atoms with Gasteiger partial charge in [-0.3, -0.25) is 0 Å². The zero-order valence-electron chi connectivity index (χ0n) is 13.6. The molecule has 2 aromatic carbocycles. The van der Waals surface area contributed by atoms with Crippen LogP contribution in [-0.4, -0.2) is 25.2 Å². The van der Waals surface area contributed by atoms with Crippen molar-refractivity contribution in [2.45, 2.75) is 19.3 Å². The molecule has 25 heavy (non-hydrogen) atoms. The molecule has 0 heterocycles. The van der Waals surface area contributed by atoms with Gasteiger partial charge < -0.3 is 29.3 Å². The first kappa shape index (κ1) is 18.3. The molecule has 132 valence electrons. The Morgan fingerprint density at radius 3 is 1.36 bits per heavy atom. The molecule has 0 atom stereocenters. The number of hydrogen-bond donors (Lipinski definition) is 0. The van der Waals surface area contributed by atoms with E-state index in [0.717, 1.165) is 0 Å². The minimum absolute atomic E-state index is 0.115. The van der Waals surface area contributed by atoms with Crippen LogP contribution in [0.3, 0.4) is 0 Å². The second-order valence-electron chi connectivity index (χ2n) is 5.44. The van der Waals surface area contributed by atoms with Crippen molar-refractivity contribution in [3.63, 3.8) is 0 Å². The van der Waals surface area contributed by atoms with Gasteiger partial charge in [-0.25, -0.2) is 0 Å². The van der Waals surface area contributed by atoms with Crippen molar-refractivity contribution < 1.29 is 29.3 Å². The fourth-order valence-corrected chi connectivity index (χ4v) is 2.18. The number of carboxylic acid groups (broad SMARTS) is 2. The number of rotatable bonds is 10. The van der Waals surface area contributed by atoms with E-state index >= 15 is 0 Å². The Morgan fingerprint density at radius 1 is 0.680 bits per heavy atom. The number of carbonyl (C=O) groups is 2. The highest BCUT2D eigenvalue weighted by molar-refractivity contribution is 5.68. The molecule has 0 spiro atoms. The Morgan fingerprint density at radius 2 is 1.04 bits per heavy atom. The smallest absolute Gasteiger partial charge is 0.119 e. The van der Waals surface area contributed by atoms with Crippen LogP contribution in [0.15, 0.2) is 48.5 Å². The monoisotopic (exact) mass is 342 g/mol. The van der Waals surface area contributed by atoms with Crippen LogP contribution in [0.1, 0.15) is 17.5 Å². The summed E-state index contributed by atoms with van der Waals surface area (Å²) in [5.41, 5.74) is 1.33. The van der Waals surface area contributed by atoms with Gasteiger partial charge in [-0.15, -0.1) is 0 Å². The van der Waals surface area contributed by atoms with Gasteiger partial charge in [0.05, 0.1) is 13.2 Å². The Hall–Kier alpha value is -3.02. The highest BCUT2D eigenvalue weighted by Crippen LogP contribution is 2.14. The normalized spacial score (nSPS) is 10.2. The minimum Gasteiger partial charge on any atom is -0.550 e. The van der Waals surface area contributed by atoms with Crippen LogP contribution in [0, 0.1) is 0 Å². The zero-order valence-corrected chi connectivity index (χ0v) is 13.6. The van der Waals surface area contributed by atoms with Gasteiger partial charge in [-0.05, 0) is 35.4 Å². The van der Waals surface area contributed by atoms with E-state index in [1.165, 1.54) is 0 Å². The molecule has 0 unspecified atom stereocenters. The summed E-state index contributed by atoms with van der Waals surface area (Å²) in [6.07, 6.45) is 0.438. The van der Waals surface area contributed by atoms with Crippen molar-refractivity contribution in [3.8, 4) is 11.5 Å². The minimum atomic E-state index is -1.11. The standard InChI is InChI=1S/C19H20O6/c20-18(21)12-14-2-6-16(7-3-14)24-10-1-11-25-17-8-4-15(5-9-17)13-19(22)23/h2-9H,1,10-13H2,(H,20,21)(H,22,23)/p-2. The lowest BCUT2D eigenvalue weighted by molar-refractivity contribution is -0.306. The molecule has 0 aliphatic carbocycles. The number of benzene rings is 2. The summed E-state index contributed by atoms with van der Waals surface area (Å²) >= 11 is 0. The van der Waals surface area contributed by atoms with Crippen molar-refractivity contribution in [1.29, 1.82) is 0 Å². The fraction of sp³-hybridized carbons (Fsp3) is 0.263. The first-order chi connectivity index (χ1) is 12.0. The maximum Gasteiger partial charge on any atom is 0.119 e. The molecule has 0 saturated heterocycles. The highest BCUT2D eigenvalue weighted by Gasteiger charge is 1.99. The van der Waals surface area contributed by atoms with Gasteiger partial charge >= 0.3 is 0 Å². The molecule has 0 N–H and O–H groups in total. The molecule has 0 aliphatic rings. The number of carboxylic acids is 2.